The van der Waals surface area contributed by atoms with Crippen molar-refractivity contribution in [2.45, 2.75) is 58.3 Å². The minimum atomic E-state index is -0.486. The molecular weight excluding hydrogens is 296 g/mol. The van der Waals surface area contributed by atoms with Gasteiger partial charge in [-0.1, -0.05) is 24.3 Å². The molecule has 0 amide bonds. The maximum absolute atomic E-state index is 12.2. The molecule has 4 aliphatic rings. The van der Waals surface area contributed by atoms with Crippen molar-refractivity contribution in [3.05, 3.63) is 42.0 Å². The van der Waals surface area contributed by atoms with Crippen molar-refractivity contribution in [3.8, 4) is 5.75 Å². The average molecular weight is 324 g/mol. The molecule has 24 heavy (non-hydrogen) atoms. The van der Waals surface area contributed by atoms with Gasteiger partial charge in [-0.15, -0.1) is 0 Å². The van der Waals surface area contributed by atoms with Crippen LogP contribution in [0.25, 0.3) is 0 Å². The normalized spacial score (nSPS) is 34.5. The van der Waals surface area contributed by atoms with Crippen LogP contribution in [0.1, 0.15) is 58.4 Å². The molecule has 0 heterocycles. The molecule has 2 nitrogen and oxygen atoms in total. The monoisotopic (exact) mass is 324 g/mol. The molecule has 0 spiro atoms. The van der Waals surface area contributed by atoms with Gasteiger partial charge in [0.1, 0.15) is 5.75 Å². The summed E-state index contributed by atoms with van der Waals surface area (Å²) in [5.74, 6) is 2.92. The quantitative estimate of drug-likeness (QED) is 0.421. The van der Waals surface area contributed by atoms with Gasteiger partial charge in [0.15, 0.2) is 0 Å². The Morgan fingerprint density at radius 3 is 2.46 bits per heavy atom. The van der Waals surface area contributed by atoms with Crippen LogP contribution in [0.2, 0.25) is 0 Å². The van der Waals surface area contributed by atoms with Crippen molar-refractivity contribution in [2.75, 3.05) is 0 Å². The summed E-state index contributed by atoms with van der Waals surface area (Å²) in [6.45, 7) is 10.2. The van der Waals surface area contributed by atoms with E-state index in [4.69, 9.17) is 4.74 Å². The number of hydrogen-bond acceptors (Lipinski definition) is 2. The van der Waals surface area contributed by atoms with E-state index >= 15 is 0 Å². The second-order valence-corrected chi connectivity index (χ2v) is 9.32. The first-order valence-corrected chi connectivity index (χ1v) is 9.30. The van der Waals surface area contributed by atoms with Crippen molar-refractivity contribution < 1.29 is 9.53 Å². The number of allylic oxidation sites excluding steroid dienone is 1. The SMILES string of the molecule is C=C1C2CC3CC(C2)CC1(c1cccc(OC(=O)C(C)(C)C)c1)C3. The van der Waals surface area contributed by atoms with E-state index in [9.17, 15) is 4.79 Å². The van der Waals surface area contributed by atoms with Crippen molar-refractivity contribution >= 4 is 5.97 Å². The van der Waals surface area contributed by atoms with Crippen LogP contribution in [0.5, 0.6) is 5.75 Å². The molecule has 2 atom stereocenters. The van der Waals surface area contributed by atoms with Gasteiger partial charge in [0, 0.05) is 5.41 Å². The van der Waals surface area contributed by atoms with E-state index < -0.39 is 5.41 Å². The lowest BCUT2D eigenvalue weighted by molar-refractivity contribution is -0.143. The van der Waals surface area contributed by atoms with Gasteiger partial charge in [-0.2, -0.15) is 0 Å². The maximum atomic E-state index is 12.2. The molecule has 0 radical (unpaired) electrons. The second-order valence-electron chi connectivity index (χ2n) is 9.32. The third kappa shape index (κ3) is 2.42. The van der Waals surface area contributed by atoms with Gasteiger partial charge in [0.2, 0.25) is 0 Å². The number of rotatable bonds is 2. The molecule has 0 aromatic heterocycles. The molecule has 2 unspecified atom stereocenters. The Hall–Kier alpha value is -1.57. The zero-order valence-electron chi connectivity index (χ0n) is 15.1. The summed E-state index contributed by atoms with van der Waals surface area (Å²) in [5, 5.41) is 0. The smallest absolute Gasteiger partial charge is 0.316 e. The van der Waals surface area contributed by atoms with Crippen LogP contribution in [0.4, 0.5) is 0 Å². The largest absolute Gasteiger partial charge is 0.426 e. The summed E-state index contributed by atoms with van der Waals surface area (Å²) in [6, 6.07) is 8.25. The van der Waals surface area contributed by atoms with Crippen molar-refractivity contribution in [2.24, 2.45) is 23.2 Å². The van der Waals surface area contributed by atoms with E-state index in [1.807, 2.05) is 32.9 Å². The first-order chi connectivity index (χ1) is 11.3. The third-order valence-electron chi connectivity index (χ3n) is 6.49. The second kappa shape index (κ2) is 5.21. The van der Waals surface area contributed by atoms with Crippen LogP contribution in [0, 0.1) is 23.2 Å². The fraction of sp³-hybridized carbons (Fsp3) is 0.591. The Kier molecular flexibility index (Phi) is 3.46. The van der Waals surface area contributed by atoms with E-state index in [0.29, 0.717) is 11.7 Å². The van der Waals surface area contributed by atoms with Gasteiger partial charge in [-0.05, 0) is 88.3 Å². The summed E-state index contributed by atoms with van der Waals surface area (Å²) in [7, 11) is 0. The Morgan fingerprint density at radius 2 is 1.83 bits per heavy atom. The van der Waals surface area contributed by atoms with Gasteiger partial charge < -0.3 is 4.74 Å². The Balaban J connectivity index is 1.66. The lowest BCUT2D eigenvalue weighted by Crippen LogP contribution is -2.50. The Labute approximate surface area is 145 Å². The topological polar surface area (TPSA) is 26.3 Å². The lowest BCUT2D eigenvalue weighted by Gasteiger charge is -2.58. The lowest BCUT2D eigenvalue weighted by atomic mass is 9.46. The van der Waals surface area contributed by atoms with Crippen LogP contribution in [0.3, 0.4) is 0 Å². The highest BCUT2D eigenvalue weighted by atomic mass is 16.5. The highest BCUT2D eigenvalue weighted by Crippen LogP contribution is 2.63. The van der Waals surface area contributed by atoms with Crippen molar-refractivity contribution in [3.63, 3.8) is 0 Å². The highest BCUT2D eigenvalue weighted by Gasteiger charge is 2.54. The molecular formula is C22H28O2. The van der Waals surface area contributed by atoms with Crippen molar-refractivity contribution in [1.29, 1.82) is 0 Å². The first-order valence-electron chi connectivity index (χ1n) is 9.30. The number of benzene rings is 1. The van der Waals surface area contributed by atoms with Gasteiger partial charge in [0.05, 0.1) is 5.41 Å². The van der Waals surface area contributed by atoms with Crippen LogP contribution in [-0.2, 0) is 10.2 Å². The fourth-order valence-corrected chi connectivity index (χ4v) is 5.44. The van der Waals surface area contributed by atoms with E-state index in [0.717, 1.165) is 11.8 Å². The number of esters is 1. The standard InChI is InChI=1S/C22H28O2/c1-14-17-9-15-8-16(10-17)13-22(14,12-15)18-6-5-7-19(11-18)24-20(23)21(2,3)4/h5-7,11,15-17H,1,8-10,12-13H2,2-4H3. The van der Waals surface area contributed by atoms with Gasteiger partial charge in [-0.25, -0.2) is 0 Å². The molecule has 0 saturated heterocycles. The van der Waals surface area contributed by atoms with E-state index in [1.165, 1.54) is 43.2 Å². The molecule has 1 aromatic rings. The predicted molar refractivity (Wildman–Crippen MR) is 95.9 cm³/mol. The Bertz CT molecular complexity index is 680. The van der Waals surface area contributed by atoms with Crippen LogP contribution in [0.15, 0.2) is 36.4 Å². The Morgan fingerprint density at radius 1 is 1.17 bits per heavy atom. The maximum Gasteiger partial charge on any atom is 0.316 e. The molecule has 128 valence electrons. The van der Waals surface area contributed by atoms with E-state index in [1.54, 1.807) is 0 Å². The molecule has 4 bridgehead atoms. The summed E-state index contributed by atoms with van der Waals surface area (Å²) in [6.07, 6.45) is 6.56. The summed E-state index contributed by atoms with van der Waals surface area (Å²) < 4.78 is 5.65. The van der Waals surface area contributed by atoms with Gasteiger partial charge >= 0.3 is 5.97 Å². The number of carbonyl (C=O) groups is 1. The zero-order valence-corrected chi connectivity index (χ0v) is 15.1. The molecule has 4 fully saturated rings. The average Bonchev–Trinajstić information content (AvgIpc) is 2.51. The number of hydrogen-bond donors (Lipinski definition) is 0. The minimum absolute atomic E-state index is 0.124. The van der Waals surface area contributed by atoms with Gasteiger partial charge in [0.25, 0.3) is 0 Å². The molecule has 1 aromatic carbocycles. The van der Waals surface area contributed by atoms with Crippen LogP contribution < -0.4 is 4.74 Å². The molecule has 2 heteroatoms. The van der Waals surface area contributed by atoms with Gasteiger partial charge in [-0.3, -0.25) is 4.79 Å². The first kappa shape index (κ1) is 15.9. The van der Waals surface area contributed by atoms with E-state index in [2.05, 4.69) is 18.7 Å². The molecule has 4 saturated carbocycles. The predicted octanol–water partition coefficient (Wildman–Crippen LogP) is 5.27. The molecule has 0 N–H and O–H groups in total. The number of carbonyl (C=O) groups excluding carboxylic acids is 1. The number of ether oxygens (including phenoxy) is 1. The van der Waals surface area contributed by atoms with Crippen molar-refractivity contribution in [1.82, 2.24) is 0 Å². The van der Waals surface area contributed by atoms with Crippen LogP contribution in [-0.4, -0.2) is 5.97 Å². The zero-order chi connectivity index (χ0) is 17.1. The highest BCUT2D eigenvalue weighted by molar-refractivity contribution is 5.77. The summed E-state index contributed by atoms with van der Waals surface area (Å²) in [4.78, 5) is 12.2. The van der Waals surface area contributed by atoms with Crippen LogP contribution >= 0.6 is 0 Å². The molecule has 4 aliphatic carbocycles. The molecule has 0 aliphatic heterocycles. The third-order valence-corrected chi connectivity index (χ3v) is 6.49. The molecule has 5 rings (SSSR count). The fourth-order valence-electron chi connectivity index (χ4n) is 5.44. The van der Waals surface area contributed by atoms with E-state index in [-0.39, 0.29) is 11.4 Å². The summed E-state index contributed by atoms with van der Waals surface area (Å²) >= 11 is 0. The summed E-state index contributed by atoms with van der Waals surface area (Å²) in [5.41, 5.74) is 2.39. The minimum Gasteiger partial charge on any atom is -0.426 e.